The van der Waals surface area contributed by atoms with Crippen LogP contribution in [-0.2, 0) is 19.0 Å². The largest absolute Gasteiger partial charge is 0.464 e. The van der Waals surface area contributed by atoms with Crippen LogP contribution in [0.4, 0.5) is 0 Å². The van der Waals surface area contributed by atoms with Crippen LogP contribution in [0.2, 0.25) is 0 Å². The predicted molar refractivity (Wildman–Crippen MR) is 53.2 cm³/mol. The minimum Gasteiger partial charge on any atom is -0.464 e. The second-order valence-corrected chi connectivity index (χ2v) is 2.91. The number of esters is 1. The summed E-state index contributed by atoms with van der Waals surface area (Å²) in [4.78, 5) is 10.8. The van der Waals surface area contributed by atoms with Crippen molar-refractivity contribution in [2.45, 2.75) is 26.2 Å². The molecule has 0 aromatic rings. The number of unbranched alkanes of at least 4 members (excludes halogenated alkanes) is 2. The first kappa shape index (κ1) is 13.4. The molecule has 0 saturated carbocycles. The minimum absolute atomic E-state index is 0.0676. The van der Waals surface area contributed by atoms with E-state index in [0.717, 1.165) is 25.9 Å². The van der Waals surface area contributed by atoms with E-state index in [1.54, 1.807) is 14.0 Å². The van der Waals surface area contributed by atoms with Gasteiger partial charge in [0.25, 0.3) is 0 Å². The number of carbonyl (C=O) groups is 1. The molecule has 0 aliphatic carbocycles. The SMILES string of the molecule is CCOC(=O)COCCCCCOC. The summed E-state index contributed by atoms with van der Waals surface area (Å²) in [5.41, 5.74) is 0. The highest BCUT2D eigenvalue weighted by molar-refractivity contribution is 5.70. The van der Waals surface area contributed by atoms with Crippen LogP contribution in [0, 0.1) is 0 Å². The van der Waals surface area contributed by atoms with Gasteiger partial charge < -0.3 is 14.2 Å². The predicted octanol–water partition coefficient (Wildman–Crippen LogP) is 1.38. The molecule has 84 valence electrons. The molecular weight excluding hydrogens is 184 g/mol. The third kappa shape index (κ3) is 9.48. The van der Waals surface area contributed by atoms with Gasteiger partial charge >= 0.3 is 5.97 Å². The Morgan fingerprint density at radius 3 is 2.50 bits per heavy atom. The van der Waals surface area contributed by atoms with Crippen molar-refractivity contribution in [1.29, 1.82) is 0 Å². The maximum Gasteiger partial charge on any atom is 0.332 e. The van der Waals surface area contributed by atoms with Crippen molar-refractivity contribution in [2.75, 3.05) is 33.5 Å². The van der Waals surface area contributed by atoms with E-state index in [1.807, 2.05) is 0 Å². The van der Waals surface area contributed by atoms with E-state index >= 15 is 0 Å². The van der Waals surface area contributed by atoms with E-state index in [-0.39, 0.29) is 12.6 Å². The fourth-order valence-electron chi connectivity index (χ4n) is 0.985. The van der Waals surface area contributed by atoms with Gasteiger partial charge in [-0.25, -0.2) is 4.79 Å². The molecule has 0 aliphatic rings. The molecule has 0 radical (unpaired) electrons. The number of rotatable bonds is 9. The Balaban J connectivity index is 3.01. The van der Waals surface area contributed by atoms with Gasteiger partial charge in [-0.1, -0.05) is 0 Å². The molecule has 14 heavy (non-hydrogen) atoms. The van der Waals surface area contributed by atoms with Gasteiger partial charge in [-0.05, 0) is 26.2 Å². The summed E-state index contributed by atoms with van der Waals surface area (Å²) in [6.07, 6.45) is 3.07. The van der Waals surface area contributed by atoms with Crippen LogP contribution in [0.25, 0.3) is 0 Å². The van der Waals surface area contributed by atoms with Crippen molar-refractivity contribution < 1.29 is 19.0 Å². The first-order chi connectivity index (χ1) is 6.81. The maximum atomic E-state index is 10.8. The van der Waals surface area contributed by atoms with Crippen molar-refractivity contribution in [1.82, 2.24) is 0 Å². The summed E-state index contributed by atoms with van der Waals surface area (Å²) in [6, 6.07) is 0. The van der Waals surface area contributed by atoms with E-state index in [4.69, 9.17) is 14.2 Å². The molecule has 4 nitrogen and oxygen atoms in total. The number of hydrogen-bond donors (Lipinski definition) is 0. The van der Waals surface area contributed by atoms with Gasteiger partial charge in [-0.15, -0.1) is 0 Å². The first-order valence-electron chi connectivity index (χ1n) is 5.03. The monoisotopic (exact) mass is 204 g/mol. The van der Waals surface area contributed by atoms with Crippen LogP contribution < -0.4 is 0 Å². The quantitative estimate of drug-likeness (QED) is 0.420. The second kappa shape index (κ2) is 10.5. The Kier molecular flexibility index (Phi) is 10.0. The van der Waals surface area contributed by atoms with Crippen molar-refractivity contribution in [3.8, 4) is 0 Å². The Hall–Kier alpha value is -0.610. The van der Waals surface area contributed by atoms with Gasteiger partial charge in [-0.3, -0.25) is 0 Å². The van der Waals surface area contributed by atoms with Crippen LogP contribution in [0.15, 0.2) is 0 Å². The number of carbonyl (C=O) groups excluding carboxylic acids is 1. The van der Waals surface area contributed by atoms with Gasteiger partial charge in [0.05, 0.1) is 6.61 Å². The minimum atomic E-state index is -0.288. The molecule has 0 bridgehead atoms. The van der Waals surface area contributed by atoms with E-state index < -0.39 is 0 Å². The topological polar surface area (TPSA) is 44.8 Å². The number of methoxy groups -OCH3 is 1. The summed E-state index contributed by atoms with van der Waals surface area (Å²) in [7, 11) is 1.69. The molecule has 0 rings (SSSR count). The van der Waals surface area contributed by atoms with Crippen LogP contribution in [0.3, 0.4) is 0 Å². The first-order valence-corrected chi connectivity index (χ1v) is 5.03. The van der Waals surface area contributed by atoms with Crippen LogP contribution in [-0.4, -0.2) is 39.5 Å². The molecule has 0 atom stereocenters. The highest BCUT2D eigenvalue weighted by Crippen LogP contribution is 1.96. The zero-order valence-electron chi connectivity index (χ0n) is 9.08. The van der Waals surface area contributed by atoms with Gasteiger partial charge in [0, 0.05) is 20.3 Å². The number of hydrogen-bond acceptors (Lipinski definition) is 4. The molecule has 0 aromatic carbocycles. The average Bonchev–Trinajstić information content (AvgIpc) is 2.17. The highest BCUT2D eigenvalue weighted by Gasteiger charge is 2.00. The summed E-state index contributed by atoms with van der Waals surface area (Å²) < 4.78 is 14.7. The molecule has 0 amide bonds. The third-order valence-electron chi connectivity index (χ3n) is 1.66. The molecule has 0 fully saturated rings. The van der Waals surface area contributed by atoms with Crippen molar-refractivity contribution >= 4 is 5.97 Å². The fourth-order valence-corrected chi connectivity index (χ4v) is 0.985. The smallest absolute Gasteiger partial charge is 0.332 e. The molecule has 0 heterocycles. The lowest BCUT2D eigenvalue weighted by Crippen LogP contribution is -2.12. The summed E-state index contributed by atoms with van der Waals surface area (Å²) >= 11 is 0. The van der Waals surface area contributed by atoms with Crippen LogP contribution in [0.5, 0.6) is 0 Å². The zero-order chi connectivity index (χ0) is 10.6. The molecular formula is C10H20O4. The lowest BCUT2D eigenvalue weighted by Gasteiger charge is -2.03. The number of ether oxygens (including phenoxy) is 3. The van der Waals surface area contributed by atoms with Gasteiger partial charge in [0.2, 0.25) is 0 Å². The maximum absolute atomic E-state index is 10.8. The van der Waals surface area contributed by atoms with Crippen LogP contribution in [0.1, 0.15) is 26.2 Å². The molecule has 0 aliphatic heterocycles. The molecule has 0 N–H and O–H groups in total. The summed E-state index contributed by atoms with van der Waals surface area (Å²) in [5, 5.41) is 0. The van der Waals surface area contributed by atoms with Crippen molar-refractivity contribution in [2.24, 2.45) is 0 Å². The summed E-state index contributed by atoms with van der Waals surface area (Å²) in [6.45, 7) is 3.66. The molecule has 4 heteroatoms. The lowest BCUT2D eigenvalue weighted by molar-refractivity contribution is -0.148. The molecule has 0 aromatic heterocycles. The van der Waals surface area contributed by atoms with Crippen molar-refractivity contribution in [3.05, 3.63) is 0 Å². The third-order valence-corrected chi connectivity index (χ3v) is 1.66. The Bertz CT molecular complexity index is 136. The van der Waals surface area contributed by atoms with Gasteiger partial charge in [0.15, 0.2) is 0 Å². The van der Waals surface area contributed by atoms with Gasteiger partial charge in [-0.2, -0.15) is 0 Å². The Labute approximate surface area is 85.5 Å². The standard InChI is InChI=1S/C10H20O4/c1-3-14-10(11)9-13-8-6-4-5-7-12-2/h3-9H2,1-2H3. The van der Waals surface area contributed by atoms with E-state index in [1.165, 1.54) is 0 Å². The Morgan fingerprint density at radius 2 is 1.86 bits per heavy atom. The fraction of sp³-hybridized carbons (Fsp3) is 0.900. The van der Waals surface area contributed by atoms with Crippen LogP contribution >= 0.6 is 0 Å². The van der Waals surface area contributed by atoms with E-state index in [2.05, 4.69) is 0 Å². The normalized spacial score (nSPS) is 10.1. The molecule has 0 spiro atoms. The molecule has 0 saturated heterocycles. The van der Waals surface area contributed by atoms with E-state index in [0.29, 0.717) is 13.2 Å². The average molecular weight is 204 g/mol. The van der Waals surface area contributed by atoms with Gasteiger partial charge in [0.1, 0.15) is 6.61 Å². The Morgan fingerprint density at radius 1 is 1.14 bits per heavy atom. The summed E-state index contributed by atoms with van der Waals surface area (Å²) in [5.74, 6) is -0.288. The highest BCUT2D eigenvalue weighted by atomic mass is 16.6. The zero-order valence-corrected chi connectivity index (χ0v) is 9.08. The second-order valence-electron chi connectivity index (χ2n) is 2.91. The van der Waals surface area contributed by atoms with Crippen molar-refractivity contribution in [3.63, 3.8) is 0 Å². The molecule has 0 unspecified atom stereocenters. The lowest BCUT2D eigenvalue weighted by atomic mass is 10.2. The van der Waals surface area contributed by atoms with E-state index in [9.17, 15) is 4.79 Å².